The second kappa shape index (κ2) is 7.05. The standard InChI is InChI=1S/C13H15BrF2O3/c14-10(3-4-17-8-13(15)16)9-1-2-11-12(7-9)19-6-5-18-11/h1-2,7,10,13H,3-6,8H2. The SMILES string of the molecule is FC(F)COCCC(Br)c1ccc2c(c1)OCCO2. The van der Waals surface area contributed by atoms with Crippen molar-refractivity contribution in [2.75, 3.05) is 26.4 Å². The van der Waals surface area contributed by atoms with Crippen molar-refractivity contribution < 1.29 is 23.0 Å². The molecule has 106 valence electrons. The summed E-state index contributed by atoms with van der Waals surface area (Å²) in [5.74, 6) is 1.46. The van der Waals surface area contributed by atoms with Crippen LogP contribution in [0.15, 0.2) is 18.2 Å². The third-order valence-corrected chi connectivity index (χ3v) is 3.67. The summed E-state index contributed by atoms with van der Waals surface area (Å²) in [6, 6.07) is 5.69. The van der Waals surface area contributed by atoms with Gasteiger partial charge in [0.2, 0.25) is 0 Å². The van der Waals surface area contributed by atoms with E-state index >= 15 is 0 Å². The van der Waals surface area contributed by atoms with Crippen molar-refractivity contribution in [3.8, 4) is 11.5 Å². The predicted molar refractivity (Wildman–Crippen MR) is 70.5 cm³/mol. The van der Waals surface area contributed by atoms with E-state index in [4.69, 9.17) is 14.2 Å². The fraction of sp³-hybridized carbons (Fsp3) is 0.538. The van der Waals surface area contributed by atoms with Gasteiger partial charge in [0.15, 0.2) is 11.5 Å². The van der Waals surface area contributed by atoms with Crippen molar-refractivity contribution in [3.63, 3.8) is 0 Å². The van der Waals surface area contributed by atoms with E-state index in [1.54, 1.807) is 0 Å². The normalized spacial score (nSPS) is 15.6. The summed E-state index contributed by atoms with van der Waals surface area (Å²) in [5.41, 5.74) is 1.02. The van der Waals surface area contributed by atoms with Gasteiger partial charge >= 0.3 is 0 Å². The lowest BCUT2D eigenvalue weighted by Gasteiger charge is -2.20. The largest absolute Gasteiger partial charge is 0.486 e. The van der Waals surface area contributed by atoms with E-state index in [0.29, 0.717) is 19.6 Å². The van der Waals surface area contributed by atoms with Crippen LogP contribution in [-0.4, -0.2) is 32.9 Å². The smallest absolute Gasteiger partial charge is 0.261 e. The highest BCUT2D eigenvalue weighted by molar-refractivity contribution is 9.09. The van der Waals surface area contributed by atoms with Gasteiger partial charge in [0.05, 0.1) is 0 Å². The maximum Gasteiger partial charge on any atom is 0.261 e. The zero-order chi connectivity index (χ0) is 13.7. The van der Waals surface area contributed by atoms with E-state index in [1.807, 2.05) is 18.2 Å². The lowest BCUT2D eigenvalue weighted by atomic mass is 10.1. The summed E-state index contributed by atoms with van der Waals surface area (Å²) >= 11 is 3.52. The molecule has 0 aliphatic carbocycles. The van der Waals surface area contributed by atoms with Crippen LogP contribution < -0.4 is 9.47 Å². The van der Waals surface area contributed by atoms with E-state index < -0.39 is 13.0 Å². The van der Waals surface area contributed by atoms with Gasteiger partial charge in [-0.1, -0.05) is 22.0 Å². The molecule has 0 N–H and O–H groups in total. The lowest BCUT2D eigenvalue weighted by molar-refractivity contribution is 0.0167. The van der Waals surface area contributed by atoms with Crippen LogP contribution in [0, 0.1) is 0 Å². The van der Waals surface area contributed by atoms with Gasteiger partial charge in [-0.25, -0.2) is 8.78 Å². The second-order valence-electron chi connectivity index (χ2n) is 4.13. The maximum atomic E-state index is 11.9. The van der Waals surface area contributed by atoms with Gasteiger partial charge < -0.3 is 14.2 Å². The van der Waals surface area contributed by atoms with Crippen molar-refractivity contribution in [1.29, 1.82) is 0 Å². The Morgan fingerprint density at radius 2 is 1.95 bits per heavy atom. The zero-order valence-electron chi connectivity index (χ0n) is 10.3. The second-order valence-corrected chi connectivity index (χ2v) is 5.23. The molecular formula is C13H15BrF2O3. The molecule has 1 atom stereocenters. The summed E-state index contributed by atoms with van der Waals surface area (Å²) < 4.78 is 39.6. The van der Waals surface area contributed by atoms with Crippen molar-refractivity contribution in [2.24, 2.45) is 0 Å². The summed E-state index contributed by atoms with van der Waals surface area (Å²) in [6.45, 7) is 0.877. The fourth-order valence-corrected chi connectivity index (χ4v) is 2.25. The van der Waals surface area contributed by atoms with Crippen molar-refractivity contribution in [1.82, 2.24) is 0 Å². The van der Waals surface area contributed by atoms with Crippen molar-refractivity contribution in [3.05, 3.63) is 23.8 Å². The fourth-order valence-electron chi connectivity index (χ4n) is 1.78. The molecule has 3 nitrogen and oxygen atoms in total. The zero-order valence-corrected chi connectivity index (χ0v) is 11.9. The molecule has 1 aliphatic heterocycles. The molecule has 0 bridgehead atoms. The number of halogens is 3. The van der Waals surface area contributed by atoms with E-state index in [1.165, 1.54) is 0 Å². The van der Waals surface area contributed by atoms with Crippen LogP contribution >= 0.6 is 15.9 Å². The number of rotatable bonds is 6. The molecule has 0 amide bonds. The molecule has 1 aliphatic rings. The minimum atomic E-state index is -2.41. The molecule has 0 spiro atoms. The lowest BCUT2D eigenvalue weighted by Crippen LogP contribution is -2.15. The van der Waals surface area contributed by atoms with Gasteiger partial charge in [0, 0.05) is 11.4 Å². The van der Waals surface area contributed by atoms with Gasteiger partial charge in [0.25, 0.3) is 6.43 Å². The number of hydrogen-bond acceptors (Lipinski definition) is 3. The molecule has 19 heavy (non-hydrogen) atoms. The molecule has 1 aromatic rings. The van der Waals surface area contributed by atoms with Gasteiger partial charge in [-0.15, -0.1) is 0 Å². The number of fused-ring (bicyclic) bond motifs is 1. The third-order valence-electron chi connectivity index (χ3n) is 2.69. The van der Waals surface area contributed by atoms with E-state index in [-0.39, 0.29) is 11.4 Å². The molecule has 1 aromatic carbocycles. The van der Waals surface area contributed by atoms with E-state index in [2.05, 4.69) is 15.9 Å². The Kier molecular flexibility index (Phi) is 5.39. The third kappa shape index (κ3) is 4.31. The van der Waals surface area contributed by atoms with Gasteiger partial charge in [-0.05, 0) is 24.1 Å². The van der Waals surface area contributed by atoms with E-state index in [9.17, 15) is 8.78 Å². The summed E-state index contributed by atoms with van der Waals surface area (Å²) in [5, 5.41) is 0. The molecule has 1 heterocycles. The quantitative estimate of drug-likeness (QED) is 0.587. The number of benzene rings is 1. The molecule has 2 rings (SSSR count). The topological polar surface area (TPSA) is 27.7 Å². The van der Waals surface area contributed by atoms with Gasteiger partial charge in [-0.2, -0.15) is 0 Å². The molecule has 1 unspecified atom stereocenters. The van der Waals surface area contributed by atoms with Crippen LogP contribution in [0.5, 0.6) is 11.5 Å². The summed E-state index contributed by atoms with van der Waals surface area (Å²) in [6.07, 6.45) is -1.80. The van der Waals surface area contributed by atoms with Crippen molar-refractivity contribution in [2.45, 2.75) is 17.7 Å². The maximum absolute atomic E-state index is 11.9. The molecule has 0 fully saturated rings. The first-order valence-corrected chi connectivity index (χ1v) is 6.98. The molecule has 0 saturated carbocycles. The Morgan fingerprint density at radius 3 is 2.68 bits per heavy atom. The first kappa shape index (κ1) is 14.5. The van der Waals surface area contributed by atoms with Crippen molar-refractivity contribution >= 4 is 15.9 Å². The summed E-state index contributed by atoms with van der Waals surface area (Å²) in [4.78, 5) is 0.0426. The summed E-state index contributed by atoms with van der Waals surface area (Å²) in [7, 11) is 0. The Labute approximate surface area is 119 Å². The molecule has 0 radical (unpaired) electrons. The number of alkyl halides is 3. The first-order valence-electron chi connectivity index (χ1n) is 6.06. The highest BCUT2D eigenvalue weighted by atomic mass is 79.9. The van der Waals surface area contributed by atoms with Crippen LogP contribution in [0.4, 0.5) is 8.78 Å². The van der Waals surface area contributed by atoms with Crippen LogP contribution in [0.1, 0.15) is 16.8 Å². The average molecular weight is 337 g/mol. The Hall–Kier alpha value is -0.880. The number of ether oxygens (including phenoxy) is 3. The van der Waals surface area contributed by atoms with Gasteiger partial charge in [0.1, 0.15) is 19.8 Å². The highest BCUT2D eigenvalue weighted by Crippen LogP contribution is 2.36. The monoisotopic (exact) mass is 336 g/mol. The first-order chi connectivity index (χ1) is 9.16. The minimum Gasteiger partial charge on any atom is -0.486 e. The Bertz CT molecular complexity index is 415. The molecule has 6 heteroatoms. The van der Waals surface area contributed by atoms with E-state index in [0.717, 1.165) is 17.1 Å². The minimum absolute atomic E-state index is 0.0426. The molecular weight excluding hydrogens is 322 g/mol. The van der Waals surface area contributed by atoms with Gasteiger partial charge in [-0.3, -0.25) is 0 Å². The van der Waals surface area contributed by atoms with Crippen LogP contribution in [0.2, 0.25) is 0 Å². The van der Waals surface area contributed by atoms with Crippen LogP contribution in [-0.2, 0) is 4.74 Å². The number of hydrogen-bond donors (Lipinski definition) is 0. The Balaban J connectivity index is 1.86. The van der Waals surface area contributed by atoms with Crippen LogP contribution in [0.3, 0.4) is 0 Å². The molecule has 0 aromatic heterocycles. The predicted octanol–water partition coefficient (Wildman–Crippen LogP) is 3.57. The highest BCUT2D eigenvalue weighted by Gasteiger charge is 2.15. The average Bonchev–Trinajstić information content (AvgIpc) is 2.42. The Morgan fingerprint density at radius 1 is 1.21 bits per heavy atom. The van der Waals surface area contributed by atoms with Crippen LogP contribution in [0.25, 0.3) is 0 Å². The molecule has 0 saturated heterocycles.